The summed E-state index contributed by atoms with van der Waals surface area (Å²) < 4.78 is 5.65. The van der Waals surface area contributed by atoms with Gasteiger partial charge in [0.1, 0.15) is 0 Å². The second-order valence-corrected chi connectivity index (χ2v) is 4.62. The number of carbonyl (C=O) groups excluding carboxylic acids is 1. The molecule has 1 aromatic heterocycles. The van der Waals surface area contributed by atoms with Gasteiger partial charge in [0.2, 0.25) is 5.91 Å². The molecule has 0 radical (unpaired) electrons. The number of aromatic nitrogens is 1. The van der Waals surface area contributed by atoms with Crippen molar-refractivity contribution in [3.05, 3.63) is 41.9 Å². The number of aryl methyl sites for hydroxylation is 2. The summed E-state index contributed by atoms with van der Waals surface area (Å²) in [4.78, 5) is 15.6. The van der Waals surface area contributed by atoms with Crippen LogP contribution in [0.15, 0.2) is 34.9 Å². The van der Waals surface area contributed by atoms with Gasteiger partial charge in [-0.05, 0) is 6.92 Å². The molecule has 2 rings (SSSR count). The predicted molar refractivity (Wildman–Crippen MR) is 91.6 cm³/mol. The first kappa shape index (κ1) is 20.4. The Morgan fingerprint density at radius 2 is 1.95 bits per heavy atom. The Labute approximate surface area is 142 Å². The van der Waals surface area contributed by atoms with Crippen LogP contribution in [0.2, 0.25) is 0 Å². The highest BCUT2D eigenvalue weighted by Gasteiger charge is 2.08. The molecule has 0 unspecified atom stereocenters. The van der Waals surface area contributed by atoms with E-state index in [1.54, 1.807) is 6.20 Å². The molecule has 3 N–H and O–H groups in total. The number of benzene rings is 1. The molecule has 0 aliphatic carbocycles. The minimum absolute atomic E-state index is 0. The third-order valence-corrected chi connectivity index (χ3v) is 2.92. The lowest BCUT2D eigenvalue weighted by molar-refractivity contribution is -0.121. The summed E-state index contributed by atoms with van der Waals surface area (Å²) in [5, 5.41) is 2.71. The van der Waals surface area contributed by atoms with Gasteiger partial charge >= 0.3 is 0 Å². The molecule has 5 nitrogen and oxygen atoms in total. The number of nitrogens with zero attached hydrogens (tertiary/aromatic N) is 1. The maximum Gasteiger partial charge on any atom is 0.220 e. The molecule has 122 valence electrons. The Balaban J connectivity index is 0.00000220. The van der Waals surface area contributed by atoms with Gasteiger partial charge in [0.25, 0.3) is 0 Å². The summed E-state index contributed by atoms with van der Waals surface area (Å²) in [7, 11) is 0. The Morgan fingerprint density at radius 1 is 1.27 bits per heavy atom. The highest BCUT2D eigenvalue weighted by atomic mass is 35.5. The van der Waals surface area contributed by atoms with Gasteiger partial charge in [0.05, 0.1) is 6.20 Å². The summed E-state index contributed by atoms with van der Waals surface area (Å²) in [5.41, 5.74) is 7.50. The lowest BCUT2D eigenvalue weighted by atomic mass is 10.1. The summed E-state index contributed by atoms with van der Waals surface area (Å²) in [6, 6.07) is 8.04. The number of halogens is 2. The molecule has 1 aromatic carbocycles. The van der Waals surface area contributed by atoms with E-state index in [0.717, 1.165) is 11.3 Å². The molecular weight excluding hydrogens is 325 g/mol. The Bertz CT molecular complexity index is 570. The molecule has 2 aromatic rings. The van der Waals surface area contributed by atoms with E-state index in [-0.39, 0.29) is 30.7 Å². The Kier molecular flexibility index (Phi) is 9.49. The number of oxazole rings is 1. The highest BCUT2D eigenvalue weighted by Crippen LogP contribution is 2.21. The van der Waals surface area contributed by atoms with E-state index in [4.69, 9.17) is 10.2 Å². The van der Waals surface area contributed by atoms with Crippen molar-refractivity contribution in [1.82, 2.24) is 10.3 Å². The van der Waals surface area contributed by atoms with E-state index in [2.05, 4.69) is 10.3 Å². The quantitative estimate of drug-likeness (QED) is 0.842. The van der Waals surface area contributed by atoms with Crippen LogP contribution in [0.3, 0.4) is 0 Å². The second-order valence-electron chi connectivity index (χ2n) is 4.62. The van der Waals surface area contributed by atoms with Gasteiger partial charge in [-0.25, -0.2) is 4.98 Å². The fourth-order valence-corrected chi connectivity index (χ4v) is 1.80. The van der Waals surface area contributed by atoms with Gasteiger partial charge in [0, 0.05) is 31.5 Å². The van der Waals surface area contributed by atoms with Gasteiger partial charge in [-0.3, -0.25) is 4.79 Å². The first-order valence-corrected chi connectivity index (χ1v) is 6.67. The molecule has 1 heterocycles. The van der Waals surface area contributed by atoms with Gasteiger partial charge in [0.15, 0.2) is 11.7 Å². The molecule has 22 heavy (non-hydrogen) atoms. The molecule has 0 aliphatic rings. The maximum absolute atomic E-state index is 11.5. The van der Waals surface area contributed by atoms with Crippen molar-refractivity contribution >= 4 is 30.7 Å². The molecule has 0 atom stereocenters. The Hall–Kier alpha value is -1.56. The number of hydrogen-bond acceptors (Lipinski definition) is 4. The van der Waals surface area contributed by atoms with Crippen molar-refractivity contribution in [1.29, 1.82) is 0 Å². The molecule has 1 amide bonds. The minimum atomic E-state index is -0.0365. The highest BCUT2D eigenvalue weighted by molar-refractivity contribution is 5.85. The van der Waals surface area contributed by atoms with Crippen LogP contribution < -0.4 is 11.1 Å². The average Bonchev–Trinajstić information content (AvgIpc) is 2.92. The largest absolute Gasteiger partial charge is 0.441 e. The van der Waals surface area contributed by atoms with Crippen molar-refractivity contribution in [3.63, 3.8) is 0 Å². The first-order valence-electron chi connectivity index (χ1n) is 6.67. The minimum Gasteiger partial charge on any atom is -0.441 e. The molecule has 0 saturated carbocycles. The standard InChI is InChI=1S/C15H19N3O2.2ClH/c1-11-2-4-12(5-3-11)13-10-18-15(20-13)7-6-14(19)17-9-8-16;;/h2-5,10H,6-9,16H2,1H3,(H,17,19);2*1H. The van der Waals surface area contributed by atoms with E-state index in [1.807, 2.05) is 31.2 Å². The van der Waals surface area contributed by atoms with Crippen molar-refractivity contribution in [2.45, 2.75) is 19.8 Å². The number of rotatable bonds is 6. The van der Waals surface area contributed by atoms with Crippen LogP contribution in [0.25, 0.3) is 11.3 Å². The van der Waals surface area contributed by atoms with E-state index in [9.17, 15) is 4.79 Å². The molecule has 0 aliphatic heterocycles. The normalized spacial score (nSPS) is 9.55. The fraction of sp³-hybridized carbons (Fsp3) is 0.333. The van der Waals surface area contributed by atoms with E-state index in [1.165, 1.54) is 5.56 Å². The smallest absolute Gasteiger partial charge is 0.220 e. The van der Waals surface area contributed by atoms with Gasteiger partial charge < -0.3 is 15.5 Å². The lowest BCUT2D eigenvalue weighted by Gasteiger charge is -2.01. The molecule has 0 bridgehead atoms. The molecule has 0 spiro atoms. The third kappa shape index (κ3) is 6.05. The van der Waals surface area contributed by atoms with Crippen LogP contribution in [-0.2, 0) is 11.2 Å². The molecule has 7 heteroatoms. The first-order chi connectivity index (χ1) is 9.69. The lowest BCUT2D eigenvalue weighted by Crippen LogP contribution is -2.29. The van der Waals surface area contributed by atoms with Crippen LogP contribution in [0.4, 0.5) is 0 Å². The zero-order valence-corrected chi connectivity index (χ0v) is 14.0. The molecule has 0 fully saturated rings. The van der Waals surface area contributed by atoms with Gasteiger partial charge in [-0.2, -0.15) is 0 Å². The van der Waals surface area contributed by atoms with Crippen LogP contribution in [0, 0.1) is 6.92 Å². The summed E-state index contributed by atoms with van der Waals surface area (Å²) in [6.07, 6.45) is 2.54. The van der Waals surface area contributed by atoms with Crippen LogP contribution in [0.5, 0.6) is 0 Å². The van der Waals surface area contributed by atoms with Crippen molar-refractivity contribution in [2.24, 2.45) is 5.73 Å². The van der Waals surface area contributed by atoms with Crippen LogP contribution >= 0.6 is 24.8 Å². The Morgan fingerprint density at radius 3 is 2.59 bits per heavy atom. The number of nitrogens with two attached hydrogens (primary N) is 1. The van der Waals surface area contributed by atoms with Crippen LogP contribution in [-0.4, -0.2) is 24.0 Å². The monoisotopic (exact) mass is 345 g/mol. The number of nitrogens with one attached hydrogen (secondary N) is 1. The van der Waals surface area contributed by atoms with Crippen molar-refractivity contribution < 1.29 is 9.21 Å². The van der Waals surface area contributed by atoms with E-state index in [0.29, 0.717) is 31.8 Å². The van der Waals surface area contributed by atoms with E-state index >= 15 is 0 Å². The third-order valence-electron chi connectivity index (χ3n) is 2.92. The number of hydrogen-bond donors (Lipinski definition) is 2. The van der Waals surface area contributed by atoms with E-state index < -0.39 is 0 Å². The second kappa shape index (κ2) is 10.2. The average molecular weight is 346 g/mol. The predicted octanol–water partition coefficient (Wildman–Crippen LogP) is 2.50. The molecular formula is C15H21Cl2N3O2. The van der Waals surface area contributed by atoms with Crippen molar-refractivity contribution in [3.8, 4) is 11.3 Å². The number of carbonyl (C=O) groups is 1. The zero-order valence-electron chi connectivity index (χ0n) is 12.4. The SMILES string of the molecule is Cc1ccc(-c2cnc(CCC(=O)NCCN)o2)cc1.Cl.Cl. The maximum atomic E-state index is 11.5. The topological polar surface area (TPSA) is 81.2 Å². The zero-order chi connectivity index (χ0) is 14.4. The van der Waals surface area contributed by atoms with Crippen LogP contribution in [0.1, 0.15) is 17.9 Å². The van der Waals surface area contributed by atoms with Crippen molar-refractivity contribution in [2.75, 3.05) is 13.1 Å². The summed E-state index contributed by atoms with van der Waals surface area (Å²) in [5.74, 6) is 1.26. The van der Waals surface area contributed by atoms with Gasteiger partial charge in [-0.1, -0.05) is 29.8 Å². The van der Waals surface area contributed by atoms with Gasteiger partial charge in [-0.15, -0.1) is 24.8 Å². The summed E-state index contributed by atoms with van der Waals surface area (Å²) >= 11 is 0. The fourth-order valence-electron chi connectivity index (χ4n) is 1.80. The molecule has 0 saturated heterocycles. The number of amides is 1. The summed E-state index contributed by atoms with van der Waals surface area (Å²) in [6.45, 7) is 2.98.